The van der Waals surface area contributed by atoms with Crippen molar-refractivity contribution in [2.75, 3.05) is 17.2 Å². The van der Waals surface area contributed by atoms with E-state index in [9.17, 15) is 4.79 Å². The summed E-state index contributed by atoms with van der Waals surface area (Å²) in [4.78, 5) is 16.3. The zero-order valence-electron chi connectivity index (χ0n) is 11.9. The first-order valence-electron chi connectivity index (χ1n) is 6.96. The number of hydrogen-bond acceptors (Lipinski definition) is 3. The van der Waals surface area contributed by atoms with Crippen molar-refractivity contribution in [2.45, 2.75) is 19.8 Å². The molecule has 0 bridgehead atoms. The zero-order chi connectivity index (χ0) is 15.1. The Labute approximate surface area is 129 Å². The molecule has 1 amide bonds. The summed E-state index contributed by atoms with van der Waals surface area (Å²) in [5.41, 5.74) is 1.17. The zero-order valence-corrected chi connectivity index (χ0v) is 12.7. The first kappa shape index (κ1) is 15.3. The van der Waals surface area contributed by atoms with Crippen LogP contribution in [0.25, 0.3) is 0 Å². The van der Waals surface area contributed by atoms with Crippen molar-refractivity contribution in [2.24, 2.45) is 0 Å². The number of rotatable bonds is 6. The number of nitrogens with zero attached hydrogens (tertiary/aromatic N) is 1. The fourth-order valence-electron chi connectivity index (χ4n) is 1.80. The summed E-state index contributed by atoms with van der Waals surface area (Å²) >= 11 is 5.87. The first-order valence-corrected chi connectivity index (χ1v) is 7.33. The van der Waals surface area contributed by atoms with E-state index >= 15 is 0 Å². The van der Waals surface area contributed by atoms with Crippen LogP contribution >= 0.6 is 11.6 Å². The second-order valence-corrected chi connectivity index (χ2v) is 5.11. The van der Waals surface area contributed by atoms with Crippen molar-refractivity contribution in [1.82, 2.24) is 4.98 Å². The Morgan fingerprint density at radius 1 is 1.29 bits per heavy atom. The molecule has 21 heavy (non-hydrogen) atoms. The molecule has 0 fully saturated rings. The lowest BCUT2D eigenvalue weighted by atomic mass is 10.2. The van der Waals surface area contributed by atoms with Crippen molar-refractivity contribution in [3.8, 4) is 0 Å². The predicted molar refractivity (Wildman–Crippen MR) is 87.0 cm³/mol. The van der Waals surface area contributed by atoms with Gasteiger partial charge >= 0.3 is 0 Å². The van der Waals surface area contributed by atoms with Crippen LogP contribution in [0.5, 0.6) is 0 Å². The Bertz CT molecular complexity index is 599. The second-order valence-electron chi connectivity index (χ2n) is 4.68. The monoisotopic (exact) mass is 303 g/mol. The summed E-state index contributed by atoms with van der Waals surface area (Å²) in [5, 5.41) is 6.55. The summed E-state index contributed by atoms with van der Waals surface area (Å²) in [5.74, 6) is 0.607. The van der Waals surface area contributed by atoms with Crippen molar-refractivity contribution in [3.63, 3.8) is 0 Å². The van der Waals surface area contributed by atoms with Gasteiger partial charge in [0.1, 0.15) is 5.82 Å². The molecule has 0 aliphatic carbocycles. The van der Waals surface area contributed by atoms with Crippen LogP contribution in [0.15, 0.2) is 42.6 Å². The molecule has 2 N–H and O–H groups in total. The molecule has 0 radical (unpaired) electrons. The van der Waals surface area contributed by atoms with Gasteiger partial charge in [-0.05, 0) is 36.8 Å². The molecule has 0 saturated carbocycles. The minimum absolute atomic E-state index is 0.203. The average molecular weight is 304 g/mol. The molecule has 1 aromatic carbocycles. The van der Waals surface area contributed by atoms with Gasteiger partial charge in [-0.1, -0.05) is 31.0 Å². The van der Waals surface area contributed by atoms with Gasteiger partial charge in [0, 0.05) is 17.1 Å². The third-order valence-corrected chi connectivity index (χ3v) is 3.18. The maximum absolute atomic E-state index is 12.0. The molecule has 2 rings (SSSR count). The van der Waals surface area contributed by atoms with Gasteiger partial charge in [-0.15, -0.1) is 0 Å². The molecule has 1 aromatic heterocycles. The third-order valence-electron chi connectivity index (χ3n) is 2.94. The topological polar surface area (TPSA) is 54.0 Å². The van der Waals surface area contributed by atoms with E-state index in [2.05, 4.69) is 22.5 Å². The highest BCUT2D eigenvalue weighted by atomic mass is 35.5. The summed E-state index contributed by atoms with van der Waals surface area (Å²) in [7, 11) is 0. The van der Waals surface area contributed by atoms with Crippen molar-refractivity contribution < 1.29 is 4.79 Å². The van der Waals surface area contributed by atoms with Crippen LogP contribution in [0, 0.1) is 0 Å². The van der Waals surface area contributed by atoms with Gasteiger partial charge in [0.25, 0.3) is 5.91 Å². The lowest BCUT2D eigenvalue weighted by Crippen LogP contribution is -2.12. The number of amides is 1. The number of nitrogens with one attached hydrogen (secondary N) is 2. The van der Waals surface area contributed by atoms with E-state index in [0.717, 1.165) is 25.2 Å². The number of unbranched alkanes of at least 4 members (excludes halogenated alkanes) is 1. The number of pyridine rings is 1. The average Bonchev–Trinajstić information content (AvgIpc) is 2.49. The molecule has 0 spiro atoms. The Hall–Kier alpha value is -2.07. The van der Waals surface area contributed by atoms with E-state index in [1.807, 2.05) is 12.1 Å². The molecule has 110 valence electrons. The highest BCUT2D eigenvalue weighted by Gasteiger charge is 2.06. The maximum Gasteiger partial charge on any atom is 0.255 e. The SMILES string of the molecule is CCCCNc1ccc(NC(=O)c2cccc(Cl)c2)cn1. The Morgan fingerprint density at radius 2 is 2.14 bits per heavy atom. The maximum atomic E-state index is 12.0. The minimum Gasteiger partial charge on any atom is -0.370 e. The van der Waals surface area contributed by atoms with Gasteiger partial charge in [-0.3, -0.25) is 4.79 Å². The quantitative estimate of drug-likeness (QED) is 0.786. The molecule has 0 aliphatic rings. The number of carbonyl (C=O) groups is 1. The lowest BCUT2D eigenvalue weighted by Gasteiger charge is -2.07. The van der Waals surface area contributed by atoms with Gasteiger partial charge in [0.2, 0.25) is 0 Å². The summed E-state index contributed by atoms with van der Waals surface area (Å²) < 4.78 is 0. The number of benzene rings is 1. The molecule has 0 atom stereocenters. The van der Waals surface area contributed by atoms with Crippen LogP contribution < -0.4 is 10.6 Å². The molecule has 0 aliphatic heterocycles. The number of carbonyl (C=O) groups excluding carboxylic acids is 1. The van der Waals surface area contributed by atoms with E-state index < -0.39 is 0 Å². The molecule has 1 heterocycles. The van der Waals surface area contributed by atoms with Gasteiger partial charge in [-0.2, -0.15) is 0 Å². The van der Waals surface area contributed by atoms with Crippen LogP contribution in [0.4, 0.5) is 11.5 Å². The highest BCUT2D eigenvalue weighted by molar-refractivity contribution is 6.31. The van der Waals surface area contributed by atoms with E-state index in [0.29, 0.717) is 16.3 Å². The van der Waals surface area contributed by atoms with Gasteiger partial charge in [-0.25, -0.2) is 4.98 Å². The van der Waals surface area contributed by atoms with Crippen LogP contribution in [-0.4, -0.2) is 17.4 Å². The number of anilines is 2. The Balaban J connectivity index is 1.95. The lowest BCUT2D eigenvalue weighted by molar-refractivity contribution is 0.102. The van der Waals surface area contributed by atoms with Crippen molar-refractivity contribution in [1.29, 1.82) is 0 Å². The molecule has 5 heteroatoms. The van der Waals surface area contributed by atoms with E-state index in [-0.39, 0.29) is 5.91 Å². The molecular formula is C16H18ClN3O. The normalized spacial score (nSPS) is 10.2. The Kier molecular flexibility index (Phi) is 5.58. The third kappa shape index (κ3) is 4.76. The molecule has 0 unspecified atom stereocenters. The first-order chi connectivity index (χ1) is 10.2. The number of aromatic nitrogens is 1. The van der Waals surface area contributed by atoms with Crippen LogP contribution in [0.2, 0.25) is 5.02 Å². The van der Waals surface area contributed by atoms with E-state index in [1.165, 1.54) is 0 Å². The van der Waals surface area contributed by atoms with Crippen LogP contribution in [0.1, 0.15) is 30.1 Å². The Morgan fingerprint density at radius 3 is 2.81 bits per heavy atom. The molecular weight excluding hydrogens is 286 g/mol. The van der Waals surface area contributed by atoms with E-state index in [1.54, 1.807) is 30.5 Å². The predicted octanol–water partition coefficient (Wildman–Crippen LogP) is 4.20. The second kappa shape index (κ2) is 7.64. The number of hydrogen-bond donors (Lipinski definition) is 2. The summed E-state index contributed by atoms with van der Waals surface area (Å²) in [6.07, 6.45) is 3.88. The van der Waals surface area contributed by atoms with Crippen molar-refractivity contribution >= 4 is 29.0 Å². The van der Waals surface area contributed by atoms with Crippen LogP contribution in [0.3, 0.4) is 0 Å². The van der Waals surface area contributed by atoms with Gasteiger partial charge in [0.05, 0.1) is 11.9 Å². The van der Waals surface area contributed by atoms with E-state index in [4.69, 9.17) is 11.6 Å². The van der Waals surface area contributed by atoms with Crippen molar-refractivity contribution in [3.05, 3.63) is 53.2 Å². The molecule has 4 nitrogen and oxygen atoms in total. The molecule has 0 saturated heterocycles. The smallest absolute Gasteiger partial charge is 0.255 e. The van der Waals surface area contributed by atoms with Crippen LogP contribution in [-0.2, 0) is 0 Å². The summed E-state index contributed by atoms with van der Waals surface area (Å²) in [6, 6.07) is 10.5. The standard InChI is InChI=1S/C16H18ClN3O/c1-2-3-9-18-15-8-7-14(11-19-15)20-16(21)12-5-4-6-13(17)10-12/h4-8,10-11H,2-3,9H2,1H3,(H,18,19)(H,20,21). The summed E-state index contributed by atoms with van der Waals surface area (Å²) in [6.45, 7) is 3.04. The largest absolute Gasteiger partial charge is 0.370 e. The number of halogens is 1. The van der Waals surface area contributed by atoms with Gasteiger partial charge in [0.15, 0.2) is 0 Å². The fourth-order valence-corrected chi connectivity index (χ4v) is 1.99. The van der Waals surface area contributed by atoms with Gasteiger partial charge < -0.3 is 10.6 Å². The fraction of sp³-hybridized carbons (Fsp3) is 0.250. The molecule has 2 aromatic rings. The highest BCUT2D eigenvalue weighted by Crippen LogP contribution is 2.14. The minimum atomic E-state index is -0.203.